The highest BCUT2D eigenvalue weighted by Crippen LogP contribution is 2.23. The first-order chi connectivity index (χ1) is 13.6. The normalized spacial score (nSPS) is 10.8. The van der Waals surface area contributed by atoms with Gasteiger partial charge in [-0.3, -0.25) is 9.52 Å². The van der Waals surface area contributed by atoms with E-state index in [4.69, 9.17) is 4.74 Å². The van der Waals surface area contributed by atoms with E-state index >= 15 is 0 Å². The molecule has 0 aliphatic heterocycles. The summed E-state index contributed by atoms with van der Waals surface area (Å²) in [7, 11) is -3.94. The van der Waals surface area contributed by atoms with Crippen molar-refractivity contribution in [1.29, 1.82) is 0 Å². The van der Waals surface area contributed by atoms with Crippen molar-refractivity contribution in [3.05, 3.63) is 65.7 Å². The first-order valence-corrected chi connectivity index (χ1v) is 10.1. The first kappa shape index (κ1) is 22.0. The van der Waals surface area contributed by atoms with Gasteiger partial charge in [-0.2, -0.15) is 0 Å². The summed E-state index contributed by atoms with van der Waals surface area (Å²) in [5, 5.41) is 12.1. The molecular weight excluding hydrogens is 396 g/mol. The molecule has 1 amide bonds. The second kappa shape index (κ2) is 9.24. The van der Waals surface area contributed by atoms with Crippen LogP contribution in [0.5, 0.6) is 5.75 Å². The minimum Gasteiger partial charge on any atom is -0.508 e. The van der Waals surface area contributed by atoms with Crippen LogP contribution < -0.4 is 10.0 Å². The number of amides is 1. The lowest BCUT2D eigenvalue weighted by atomic mass is 10.2. The Balaban J connectivity index is 2.05. The molecule has 3 N–H and O–H groups in total. The molecule has 0 aromatic heterocycles. The highest BCUT2D eigenvalue weighted by atomic mass is 32.2. The average molecular weight is 418 g/mol. The summed E-state index contributed by atoms with van der Waals surface area (Å²) < 4.78 is 32.5. The van der Waals surface area contributed by atoms with Crippen molar-refractivity contribution >= 4 is 27.6 Å². The average Bonchev–Trinajstić information content (AvgIpc) is 2.67. The third kappa shape index (κ3) is 6.08. The van der Waals surface area contributed by atoms with Crippen molar-refractivity contribution < 1.29 is 27.9 Å². The van der Waals surface area contributed by atoms with Gasteiger partial charge in [-0.1, -0.05) is 12.6 Å². The van der Waals surface area contributed by atoms with Crippen LogP contribution >= 0.6 is 0 Å². The molecule has 0 bridgehead atoms. The van der Waals surface area contributed by atoms with Crippen molar-refractivity contribution in [3.63, 3.8) is 0 Å². The Kier molecular flexibility index (Phi) is 7.00. The van der Waals surface area contributed by atoms with Gasteiger partial charge in [-0.15, -0.1) is 0 Å². The molecule has 2 aromatic carbocycles. The molecule has 9 heteroatoms. The van der Waals surface area contributed by atoms with Crippen molar-refractivity contribution in [2.75, 3.05) is 17.9 Å². The summed E-state index contributed by atoms with van der Waals surface area (Å²) in [4.78, 5) is 23.4. The zero-order valence-corrected chi connectivity index (χ0v) is 16.9. The smallest absolute Gasteiger partial charge is 0.333 e. The Morgan fingerprint density at radius 3 is 2.55 bits per heavy atom. The van der Waals surface area contributed by atoms with Gasteiger partial charge in [0.1, 0.15) is 12.4 Å². The summed E-state index contributed by atoms with van der Waals surface area (Å²) >= 11 is 0. The van der Waals surface area contributed by atoms with Crippen LogP contribution in [0.15, 0.2) is 59.5 Å². The van der Waals surface area contributed by atoms with Crippen LogP contribution in [0.4, 0.5) is 5.69 Å². The molecule has 0 heterocycles. The molecule has 0 fully saturated rings. The van der Waals surface area contributed by atoms with Crippen LogP contribution in [0.2, 0.25) is 0 Å². The Morgan fingerprint density at radius 1 is 1.17 bits per heavy atom. The summed E-state index contributed by atoms with van der Waals surface area (Å²) in [5.74, 6) is -1.00. The van der Waals surface area contributed by atoms with Gasteiger partial charge in [0, 0.05) is 16.8 Å². The van der Waals surface area contributed by atoms with E-state index in [-0.39, 0.29) is 40.6 Å². The molecule has 2 rings (SSSR count). The Hall–Kier alpha value is -3.33. The number of phenols is 1. The number of anilines is 1. The number of hydrogen-bond acceptors (Lipinski definition) is 6. The molecule has 0 spiro atoms. The van der Waals surface area contributed by atoms with Gasteiger partial charge in [0.15, 0.2) is 0 Å². The molecule has 0 radical (unpaired) electrons. The standard InChI is InChI=1S/C20H22N2O6S/c1-13(2)20(25)28-10-9-21-19(24)15-5-4-6-17(12-15)29(26,27)22-16-7-8-18(23)14(3)11-16/h4-8,11-12,22-23H,1,9-10H2,2-3H3,(H,21,24). The lowest BCUT2D eigenvalue weighted by Crippen LogP contribution is -2.28. The zero-order chi connectivity index (χ0) is 21.6. The number of aryl methyl sites for hydroxylation is 1. The van der Waals surface area contributed by atoms with Crippen LogP contribution in [-0.4, -0.2) is 38.6 Å². The molecule has 2 aromatic rings. The molecule has 0 aliphatic rings. The van der Waals surface area contributed by atoms with Gasteiger partial charge in [0.25, 0.3) is 15.9 Å². The minimum atomic E-state index is -3.94. The third-order valence-corrected chi connectivity index (χ3v) is 5.20. The fourth-order valence-electron chi connectivity index (χ4n) is 2.27. The second-order valence-corrected chi connectivity index (χ2v) is 7.99. The lowest BCUT2D eigenvalue weighted by molar-refractivity contribution is -0.138. The number of carbonyl (C=O) groups excluding carboxylic acids is 2. The Morgan fingerprint density at radius 2 is 1.90 bits per heavy atom. The molecule has 0 saturated heterocycles. The van der Waals surface area contributed by atoms with Crippen molar-refractivity contribution in [2.45, 2.75) is 18.7 Å². The van der Waals surface area contributed by atoms with E-state index in [0.29, 0.717) is 5.56 Å². The number of esters is 1. The van der Waals surface area contributed by atoms with Gasteiger partial charge in [-0.25, -0.2) is 13.2 Å². The lowest BCUT2D eigenvalue weighted by Gasteiger charge is -2.11. The maximum atomic E-state index is 12.6. The molecule has 0 saturated carbocycles. The van der Waals surface area contributed by atoms with Crippen LogP contribution in [0.1, 0.15) is 22.8 Å². The summed E-state index contributed by atoms with van der Waals surface area (Å²) in [6.07, 6.45) is 0. The van der Waals surface area contributed by atoms with Crippen LogP contribution in [-0.2, 0) is 19.6 Å². The number of ether oxygens (including phenoxy) is 1. The SMILES string of the molecule is C=C(C)C(=O)OCCNC(=O)c1cccc(S(=O)(=O)Nc2ccc(O)c(C)c2)c1. The third-order valence-electron chi connectivity index (χ3n) is 3.82. The maximum Gasteiger partial charge on any atom is 0.333 e. The molecular formula is C20H22N2O6S. The number of carbonyl (C=O) groups is 2. The highest BCUT2D eigenvalue weighted by Gasteiger charge is 2.17. The number of rotatable bonds is 8. The largest absolute Gasteiger partial charge is 0.508 e. The number of benzene rings is 2. The highest BCUT2D eigenvalue weighted by molar-refractivity contribution is 7.92. The van der Waals surface area contributed by atoms with Crippen LogP contribution in [0.3, 0.4) is 0 Å². The van der Waals surface area contributed by atoms with E-state index in [2.05, 4.69) is 16.6 Å². The second-order valence-electron chi connectivity index (χ2n) is 6.31. The monoisotopic (exact) mass is 418 g/mol. The molecule has 0 aliphatic carbocycles. The number of nitrogens with one attached hydrogen (secondary N) is 2. The molecule has 8 nitrogen and oxygen atoms in total. The van der Waals surface area contributed by atoms with E-state index in [9.17, 15) is 23.1 Å². The number of aromatic hydroxyl groups is 1. The van der Waals surface area contributed by atoms with E-state index in [1.165, 1.54) is 49.4 Å². The van der Waals surface area contributed by atoms with Crippen molar-refractivity contribution in [1.82, 2.24) is 5.32 Å². The Bertz CT molecular complexity index is 1050. The fourth-order valence-corrected chi connectivity index (χ4v) is 3.37. The summed E-state index contributed by atoms with van der Waals surface area (Å²) in [6.45, 7) is 6.65. The van der Waals surface area contributed by atoms with E-state index in [0.717, 1.165) is 0 Å². The summed E-state index contributed by atoms with van der Waals surface area (Å²) in [5.41, 5.74) is 1.20. The van der Waals surface area contributed by atoms with Crippen LogP contribution in [0, 0.1) is 6.92 Å². The number of hydrogen-bond donors (Lipinski definition) is 3. The van der Waals surface area contributed by atoms with Crippen molar-refractivity contribution in [3.8, 4) is 5.75 Å². The Labute approximate surface area is 169 Å². The predicted octanol–water partition coefficient (Wildman–Crippen LogP) is 2.35. The first-order valence-electron chi connectivity index (χ1n) is 8.63. The number of sulfonamides is 1. The van der Waals surface area contributed by atoms with Gasteiger partial charge < -0.3 is 15.2 Å². The number of phenolic OH excluding ortho intramolecular Hbond substituents is 1. The zero-order valence-electron chi connectivity index (χ0n) is 16.1. The quantitative estimate of drug-likeness (QED) is 0.262. The van der Waals surface area contributed by atoms with E-state index in [1.807, 2.05) is 0 Å². The van der Waals surface area contributed by atoms with Crippen LogP contribution in [0.25, 0.3) is 0 Å². The summed E-state index contributed by atoms with van der Waals surface area (Å²) in [6, 6.07) is 9.84. The molecule has 29 heavy (non-hydrogen) atoms. The topological polar surface area (TPSA) is 122 Å². The van der Waals surface area contributed by atoms with E-state index < -0.39 is 21.9 Å². The molecule has 0 unspecified atom stereocenters. The van der Waals surface area contributed by atoms with E-state index in [1.54, 1.807) is 6.92 Å². The van der Waals surface area contributed by atoms with Gasteiger partial charge in [-0.05, 0) is 55.8 Å². The van der Waals surface area contributed by atoms with Gasteiger partial charge in [0.2, 0.25) is 0 Å². The van der Waals surface area contributed by atoms with Gasteiger partial charge in [0.05, 0.1) is 11.4 Å². The fraction of sp³-hybridized carbons (Fsp3) is 0.200. The molecule has 154 valence electrons. The molecule has 0 atom stereocenters. The predicted molar refractivity (Wildman–Crippen MR) is 108 cm³/mol. The minimum absolute atomic E-state index is 0.0306. The van der Waals surface area contributed by atoms with Gasteiger partial charge >= 0.3 is 5.97 Å². The maximum absolute atomic E-state index is 12.6. The van der Waals surface area contributed by atoms with Crippen molar-refractivity contribution in [2.24, 2.45) is 0 Å².